The summed E-state index contributed by atoms with van der Waals surface area (Å²) in [6.45, 7) is 1.64. The standard InChI is InChI=1S/C26H39N7O7/c1-14(34)22(33-23(36)17(28)9-10-21(29)35)25(38)32-20(12-15-13-30-18-7-3-2-6-16(15)18)24(37)31-19(26(39)40)8-4-5-11-27/h2-3,6-7,13-14,17,19-20,22,30,34H,4-5,8-12,27-28H2,1H3,(H2,29,35)(H,31,37)(H,32,38)(H,33,36)(H,39,40). The monoisotopic (exact) mass is 561 g/mol. The summed E-state index contributed by atoms with van der Waals surface area (Å²) in [4.78, 5) is 64.9. The van der Waals surface area contributed by atoms with Gasteiger partial charge in [-0.2, -0.15) is 0 Å². The number of carboxylic acid groups (broad SMARTS) is 1. The lowest BCUT2D eigenvalue weighted by molar-refractivity contribution is -0.142. The molecule has 1 aromatic heterocycles. The van der Waals surface area contributed by atoms with Crippen LogP contribution in [0.1, 0.15) is 44.6 Å². The molecule has 4 amide bonds. The van der Waals surface area contributed by atoms with Crippen molar-refractivity contribution in [3.63, 3.8) is 0 Å². The maximum atomic E-state index is 13.3. The molecule has 5 unspecified atom stereocenters. The number of unbranched alkanes of at least 4 members (excludes halogenated alkanes) is 1. The van der Waals surface area contributed by atoms with Crippen LogP contribution < -0.4 is 33.2 Å². The number of hydrogen-bond acceptors (Lipinski definition) is 8. The molecule has 5 atom stereocenters. The van der Waals surface area contributed by atoms with Gasteiger partial charge in [0, 0.05) is 29.9 Å². The third-order valence-electron chi connectivity index (χ3n) is 6.39. The van der Waals surface area contributed by atoms with E-state index in [0.717, 1.165) is 10.9 Å². The molecule has 14 heteroatoms. The number of H-pyrrole nitrogens is 1. The lowest BCUT2D eigenvalue weighted by Crippen LogP contribution is -2.60. The number of benzene rings is 1. The largest absolute Gasteiger partial charge is 0.480 e. The molecule has 0 aliphatic carbocycles. The number of hydrogen-bond donors (Lipinski definition) is 9. The summed E-state index contributed by atoms with van der Waals surface area (Å²) < 4.78 is 0. The first-order chi connectivity index (χ1) is 18.9. The fourth-order valence-corrected chi connectivity index (χ4v) is 4.11. The lowest BCUT2D eigenvalue weighted by atomic mass is 10.0. The molecule has 0 radical (unpaired) electrons. The van der Waals surface area contributed by atoms with Crippen molar-refractivity contribution in [1.82, 2.24) is 20.9 Å². The molecule has 0 saturated heterocycles. The quantitative estimate of drug-likeness (QED) is 0.100. The number of aliphatic hydroxyl groups is 1. The zero-order valence-corrected chi connectivity index (χ0v) is 22.4. The third kappa shape index (κ3) is 9.63. The number of carboxylic acids is 1. The van der Waals surface area contributed by atoms with Crippen molar-refractivity contribution in [2.75, 3.05) is 6.54 Å². The van der Waals surface area contributed by atoms with Crippen LogP contribution in [0.25, 0.3) is 10.9 Å². The number of rotatable bonds is 17. The Labute approximate surface area is 231 Å². The summed E-state index contributed by atoms with van der Waals surface area (Å²) in [5, 5.41) is 28.0. The van der Waals surface area contributed by atoms with Gasteiger partial charge in [-0.3, -0.25) is 19.2 Å². The molecule has 0 aliphatic heterocycles. The zero-order valence-electron chi connectivity index (χ0n) is 22.4. The number of aromatic amines is 1. The highest BCUT2D eigenvalue weighted by atomic mass is 16.4. The second-order valence-corrected chi connectivity index (χ2v) is 9.65. The number of nitrogens with two attached hydrogens (primary N) is 3. The maximum absolute atomic E-state index is 13.3. The fourth-order valence-electron chi connectivity index (χ4n) is 4.11. The van der Waals surface area contributed by atoms with Crippen molar-refractivity contribution >= 4 is 40.5 Å². The summed E-state index contributed by atoms with van der Waals surface area (Å²) in [7, 11) is 0. The predicted octanol–water partition coefficient (Wildman–Crippen LogP) is -1.65. The van der Waals surface area contributed by atoms with Crippen LogP contribution in [0.3, 0.4) is 0 Å². The van der Waals surface area contributed by atoms with Gasteiger partial charge in [-0.1, -0.05) is 18.2 Å². The molecule has 0 saturated carbocycles. The molecular weight excluding hydrogens is 522 g/mol. The summed E-state index contributed by atoms with van der Waals surface area (Å²) in [6, 6.07) is 2.18. The van der Waals surface area contributed by atoms with Gasteiger partial charge in [-0.25, -0.2) is 4.79 Å². The maximum Gasteiger partial charge on any atom is 0.326 e. The Morgan fingerprint density at radius 1 is 0.950 bits per heavy atom. The van der Waals surface area contributed by atoms with Gasteiger partial charge in [0.2, 0.25) is 23.6 Å². The summed E-state index contributed by atoms with van der Waals surface area (Å²) >= 11 is 0. The van der Waals surface area contributed by atoms with E-state index in [1.54, 1.807) is 6.20 Å². The molecule has 12 N–H and O–H groups in total. The van der Waals surface area contributed by atoms with E-state index in [-0.39, 0.29) is 25.7 Å². The van der Waals surface area contributed by atoms with Gasteiger partial charge >= 0.3 is 5.97 Å². The number of nitrogens with one attached hydrogen (secondary N) is 4. The molecule has 0 aliphatic rings. The number of primary amides is 1. The van der Waals surface area contributed by atoms with E-state index in [0.29, 0.717) is 24.9 Å². The Balaban J connectivity index is 2.26. The first-order valence-corrected chi connectivity index (χ1v) is 13.1. The third-order valence-corrected chi connectivity index (χ3v) is 6.39. The number of aromatic nitrogens is 1. The van der Waals surface area contributed by atoms with Crippen LogP contribution in [0.5, 0.6) is 0 Å². The molecule has 0 bridgehead atoms. The van der Waals surface area contributed by atoms with E-state index in [4.69, 9.17) is 17.2 Å². The van der Waals surface area contributed by atoms with Gasteiger partial charge < -0.3 is 48.3 Å². The minimum absolute atomic E-state index is 0.0185. The Bertz CT molecular complexity index is 1180. The fraction of sp³-hybridized carbons (Fsp3) is 0.500. The lowest BCUT2D eigenvalue weighted by Gasteiger charge is -2.26. The highest BCUT2D eigenvalue weighted by Gasteiger charge is 2.33. The van der Waals surface area contributed by atoms with Crippen LogP contribution in [0.15, 0.2) is 30.5 Å². The number of para-hydroxylation sites is 1. The van der Waals surface area contributed by atoms with Crippen LogP contribution in [-0.2, 0) is 30.4 Å². The van der Waals surface area contributed by atoms with E-state index in [1.165, 1.54) is 6.92 Å². The molecule has 1 aromatic carbocycles. The van der Waals surface area contributed by atoms with Crippen LogP contribution in [-0.4, -0.2) is 81.6 Å². The van der Waals surface area contributed by atoms with Crippen molar-refractivity contribution in [1.29, 1.82) is 0 Å². The number of aliphatic hydroxyl groups excluding tert-OH is 1. The molecule has 40 heavy (non-hydrogen) atoms. The molecule has 220 valence electrons. The van der Waals surface area contributed by atoms with Crippen LogP contribution in [0, 0.1) is 0 Å². The highest BCUT2D eigenvalue weighted by Crippen LogP contribution is 2.19. The Kier molecular flexibility index (Phi) is 12.5. The van der Waals surface area contributed by atoms with Crippen molar-refractivity contribution < 1.29 is 34.2 Å². The van der Waals surface area contributed by atoms with Gasteiger partial charge in [0.15, 0.2) is 0 Å². The van der Waals surface area contributed by atoms with E-state index in [1.807, 2.05) is 24.3 Å². The number of amides is 4. The van der Waals surface area contributed by atoms with Gasteiger partial charge in [0.25, 0.3) is 0 Å². The Morgan fingerprint density at radius 3 is 2.25 bits per heavy atom. The second kappa shape index (κ2) is 15.5. The molecule has 2 rings (SSSR count). The van der Waals surface area contributed by atoms with Crippen molar-refractivity contribution in [3.05, 3.63) is 36.0 Å². The predicted molar refractivity (Wildman–Crippen MR) is 146 cm³/mol. The highest BCUT2D eigenvalue weighted by molar-refractivity contribution is 5.95. The van der Waals surface area contributed by atoms with Gasteiger partial charge in [0.1, 0.15) is 18.1 Å². The number of carbonyl (C=O) groups excluding carboxylic acids is 4. The summed E-state index contributed by atoms with van der Waals surface area (Å²) in [5.74, 6) is -4.33. The Morgan fingerprint density at radius 2 is 1.62 bits per heavy atom. The van der Waals surface area contributed by atoms with Crippen LogP contribution in [0.2, 0.25) is 0 Å². The van der Waals surface area contributed by atoms with E-state index >= 15 is 0 Å². The first-order valence-electron chi connectivity index (χ1n) is 13.1. The molecule has 2 aromatic rings. The average Bonchev–Trinajstić information content (AvgIpc) is 3.31. The minimum Gasteiger partial charge on any atom is -0.480 e. The number of fused-ring (bicyclic) bond motifs is 1. The van der Waals surface area contributed by atoms with Crippen molar-refractivity contribution in [2.24, 2.45) is 17.2 Å². The molecular formula is C26H39N7O7. The number of carbonyl (C=O) groups is 5. The first kappa shape index (κ1) is 32.2. The Hall–Kier alpha value is -4.01. The average molecular weight is 562 g/mol. The van der Waals surface area contributed by atoms with E-state index < -0.39 is 59.9 Å². The SMILES string of the molecule is CC(O)C(NC(=O)C(N)CCC(N)=O)C(=O)NC(Cc1c[nH]c2ccccc12)C(=O)NC(CCCCN)C(=O)O. The van der Waals surface area contributed by atoms with Gasteiger partial charge in [-0.05, 0) is 50.8 Å². The van der Waals surface area contributed by atoms with Crippen molar-refractivity contribution in [2.45, 2.75) is 75.7 Å². The van der Waals surface area contributed by atoms with Crippen LogP contribution >= 0.6 is 0 Å². The minimum atomic E-state index is -1.50. The van der Waals surface area contributed by atoms with E-state index in [2.05, 4.69) is 20.9 Å². The van der Waals surface area contributed by atoms with Crippen LogP contribution in [0.4, 0.5) is 0 Å². The van der Waals surface area contributed by atoms with Gasteiger partial charge in [-0.15, -0.1) is 0 Å². The van der Waals surface area contributed by atoms with E-state index in [9.17, 15) is 34.2 Å². The normalized spacial score (nSPS) is 14.9. The zero-order chi connectivity index (χ0) is 29.8. The molecule has 0 spiro atoms. The second-order valence-electron chi connectivity index (χ2n) is 9.65. The molecule has 0 fully saturated rings. The summed E-state index contributed by atoms with van der Waals surface area (Å²) in [6.07, 6.45) is 1.25. The summed E-state index contributed by atoms with van der Waals surface area (Å²) in [5.41, 5.74) is 17.8. The van der Waals surface area contributed by atoms with Gasteiger partial charge in [0.05, 0.1) is 12.1 Å². The topological polar surface area (TPSA) is 256 Å². The molecule has 14 nitrogen and oxygen atoms in total. The number of aliphatic carboxylic acids is 1. The smallest absolute Gasteiger partial charge is 0.326 e. The molecule has 1 heterocycles. The van der Waals surface area contributed by atoms with Crippen molar-refractivity contribution in [3.8, 4) is 0 Å².